The number of hydrogen-bond acceptors (Lipinski definition) is 5. The Hall–Kier alpha value is -1.69. The number of anilines is 2. The van der Waals surface area contributed by atoms with Crippen molar-refractivity contribution in [1.29, 1.82) is 0 Å². The summed E-state index contributed by atoms with van der Waals surface area (Å²) >= 11 is 0. The van der Waals surface area contributed by atoms with Gasteiger partial charge in [-0.1, -0.05) is 0 Å². The molecule has 6 heteroatoms. The van der Waals surface area contributed by atoms with Crippen LogP contribution in [0, 0.1) is 5.92 Å². The van der Waals surface area contributed by atoms with Gasteiger partial charge in [0, 0.05) is 19.0 Å². The molecule has 0 aromatic carbocycles. The SMILES string of the molecule is CN(C)CCNc1ccc(NC(=O)C2CC2)nn1. The Kier molecular flexibility index (Phi) is 4.09. The molecule has 0 unspecified atom stereocenters. The number of aromatic nitrogens is 2. The first kappa shape index (κ1) is 12.8. The van der Waals surface area contributed by atoms with Crippen LogP contribution in [0.3, 0.4) is 0 Å². The Morgan fingerprint density at radius 2 is 2.00 bits per heavy atom. The molecule has 1 aliphatic rings. The summed E-state index contributed by atoms with van der Waals surface area (Å²) in [6, 6.07) is 3.59. The highest BCUT2D eigenvalue weighted by atomic mass is 16.2. The zero-order valence-electron chi connectivity index (χ0n) is 10.8. The molecule has 1 aromatic rings. The van der Waals surface area contributed by atoms with E-state index in [0.29, 0.717) is 5.82 Å². The minimum absolute atomic E-state index is 0.0533. The van der Waals surface area contributed by atoms with Gasteiger partial charge >= 0.3 is 0 Å². The third-order valence-corrected chi connectivity index (χ3v) is 2.73. The van der Waals surface area contributed by atoms with Crippen molar-refractivity contribution in [2.45, 2.75) is 12.8 Å². The van der Waals surface area contributed by atoms with Crippen LogP contribution in [0.15, 0.2) is 12.1 Å². The number of amides is 1. The Morgan fingerprint density at radius 3 is 2.56 bits per heavy atom. The number of nitrogens with zero attached hydrogens (tertiary/aromatic N) is 3. The summed E-state index contributed by atoms with van der Waals surface area (Å²) in [5.74, 6) is 1.48. The second-order valence-corrected chi connectivity index (χ2v) is 4.80. The van der Waals surface area contributed by atoms with E-state index in [0.717, 1.165) is 31.7 Å². The van der Waals surface area contributed by atoms with E-state index in [1.807, 2.05) is 20.2 Å². The number of carbonyl (C=O) groups is 1. The van der Waals surface area contributed by atoms with Crippen LogP contribution in [0.5, 0.6) is 0 Å². The van der Waals surface area contributed by atoms with E-state index >= 15 is 0 Å². The number of nitrogens with one attached hydrogen (secondary N) is 2. The third-order valence-electron chi connectivity index (χ3n) is 2.73. The number of carbonyl (C=O) groups excluding carboxylic acids is 1. The third kappa shape index (κ3) is 3.96. The summed E-state index contributed by atoms with van der Waals surface area (Å²) in [4.78, 5) is 13.6. The van der Waals surface area contributed by atoms with Crippen molar-refractivity contribution < 1.29 is 4.79 Å². The van der Waals surface area contributed by atoms with Crippen molar-refractivity contribution >= 4 is 17.5 Å². The lowest BCUT2D eigenvalue weighted by Crippen LogP contribution is -2.21. The minimum Gasteiger partial charge on any atom is -0.367 e. The summed E-state index contributed by atoms with van der Waals surface area (Å²) < 4.78 is 0. The van der Waals surface area contributed by atoms with E-state index in [4.69, 9.17) is 0 Å². The quantitative estimate of drug-likeness (QED) is 0.780. The smallest absolute Gasteiger partial charge is 0.228 e. The molecule has 0 atom stereocenters. The second-order valence-electron chi connectivity index (χ2n) is 4.80. The Labute approximate surface area is 107 Å². The summed E-state index contributed by atoms with van der Waals surface area (Å²) in [7, 11) is 4.04. The molecule has 0 radical (unpaired) electrons. The van der Waals surface area contributed by atoms with E-state index in [1.54, 1.807) is 6.07 Å². The first-order valence-corrected chi connectivity index (χ1v) is 6.18. The summed E-state index contributed by atoms with van der Waals surface area (Å²) in [5, 5.41) is 13.9. The highest BCUT2D eigenvalue weighted by Gasteiger charge is 2.29. The van der Waals surface area contributed by atoms with E-state index in [9.17, 15) is 4.79 Å². The van der Waals surface area contributed by atoms with Crippen molar-refractivity contribution in [2.24, 2.45) is 5.92 Å². The summed E-state index contributed by atoms with van der Waals surface area (Å²) in [6.07, 6.45) is 1.98. The van der Waals surface area contributed by atoms with Gasteiger partial charge in [-0.15, -0.1) is 10.2 Å². The van der Waals surface area contributed by atoms with Crippen molar-refractivity contribution in [1.82, 2.24) is 15.1 Å². The molecule has 1 amide bonds. The first-order chi connectivity index (χ1) is 8.65. The second kappa shape index (κ2) is 5.77. The van der Waals surface area contributed by atoms with Gasteiger partial charge in [0.2, 0.25) is 5.91 Å². The molecule has 1 aliphatic carbocycles. The molecule has 6 nitrogen and oxygen atoms in total. The van der Waals surface area contributed by atoms with Crippen LogP contribution in [0.2, 0.25) is 0 Å². The lowest BCUT2D eigenvalue weighted by atomic mass is 10.4. The highest BCUT2D eigenvalue weighted by Crippen LogP contribution is 2.29. The molecule has 18 heavy (non-hydrogen) atoms. The lowest BCUT2D eigenvalue weighted by molar-refractivity contribution is -0.117. The molecule has 1 fully saturated rings. The predicted molar refractivity (Wildman–Crippen MR) is 70.4 cm³/mol. The highest BCUT2D eigenvalue weighted by molar-refractivity contribution is 5.93. The fourth-order valence-electron chi connectivity index (χ4n) is 1.47. The maximum atomic E-state index is 11.5. The van der Waals surface area contributed by atoms with Gasteiger partial charge in [-0.2, -0.15) is 0 Å². The zero-order chi connectivity index (χ0) is 13.0. The summed E-state index contributed by atoms with van der Waals surface area (Å²) in [5.41, 5.74) is 0. The molecule has 1 aromatic heterocycles. The van der Waals surface area contributed by atoms with Crippen LogP contribution in [-0.4, -0.2) is 48.2 Å². The molecule has 2 rings (SSSR count). The van der Waals surface area contributed by atoms with Crippen LogP contribution < -0.4 is 10.6 Å². The molecule has 1 heterocycles. The molecule has 0 saturated heterocycles. The minimum atomic E-state index is 0.0533. The fourth-order valence-corrected chi connectivity index (χ4v) is 1.47. The van der Waals surface area contributed by atoms with Crippen LogP contribution in [0.25, 0.3) is 0 Å². The normalized spacial score (nSPS) is 14.6. The standard InChI is InChI=1S/C12H19N5O/c1-17(2)8-7-13-10-5-6-11(16-15-10)14-12(18)9-3-4-9/h5-6,9H,3-4,7-8H2,1-2H3,(H,13,15)(H,14,16,18). The van der Waals surface area contributed by atoms with Crippen LogP contribution in [-0.2, 0) is 4.79 Å². The Morgan fingerprint density at radius 1 is 1.33 bits per heavy atom. The average molecular weight is 249 g/mol. The number of rotatable bonds is 6. The Balaban J connectivity index is 1.79. The molecule has 1 saturated carbocycles. The largest absolute Gasteiger partial charge is 0.367 e. The van der Waals surface area contributed by atoms with Gasteiger partial charge in [0.05, 0.1) is 0 Å². The van der Waals surface area contributed by atoms with E-state index in [1.165, 1.54) is 0 Å². The molecular formula is C12H19N5O. The van der Waals surface area contributed by atoms with Gasteiger partial charge in [0.1, 0.15) is 5.82 Å². The van der Waals surface area contributed by atoms with Crippen LogP contribution in [0.1, 0.15) is 12.8 Å². The molecule has 98 valence electrons. The molecule has 0 spiro atoms. The monoisotopic (exact) mass is 249 g/mol. The zero-order valence-corrected chi connectivity index (χ0v) is 10.8. The van der Waals surface area contributed by atoms with Crippen molar-refractivity contribution in [3.8, 4) is 0 Å². The van der Waals surface area contributed by atoms with Crippen LogP contribution >= 0.6 is 0 Å². The topological polar surface area (TPSA) is 70.2 Å². The lowest BCUT2D eigenvalue weighted by Gasteiger charge is -2.10. The number of hydrogen-bond donors (Lipinski definition) is 2. The molecule has 0 aliphatic heterocycles. The van der Waals surface area contributed by atoms with Crippen molar-refractivity contribution in [3.63, 3.8) is 0 Å². The summed E-state index contributed by atoms with van der Waals surface area (Å²) in [6.45, 7) is 1.75. The van der Waals surface area contributed by atoms with Crippen molar-refractivity contribution in [2.75, 3.05) is 37.8 Å². The van der Waals surface area contributed by atoms with Gasteiger partial charge in [-0.25, -0.2) is 0 Å². The molecule has 0 bridgehead atoms. The number of likely N-dealkylation sites (N-methyl/N-ethyl adjacent to an activating group) is 1. The van der Waals surface area contributed by atoms with E-state index in [2.05, 4.69) is 25.7 Å². The van der Waals surface area contributed by atoms with Gasteiger partial charge in [-0.05, 0) is 39.1 Å². The first-order valence-electron chi connectivity index (χ1n) is 6.18. The van der Waals surface area contributed by atoms with Gasteiger partial charge in [0.25, 0.3) is 0 Å². The van der Waals surface area contributed by atoms with Gasteiger partial charge in [-0.3, -0.25) is 4.79 Å². The molecular weight excluding hydrogens is 230 g/mol. The average Bonchev–Trinajstić information content (AvgIpc) is 3.15. The van der Waals surface area contributed by atoms with E-state index in [-0.39, 0.29) is 11.8 Å². The fraction of sp³-hybridized carbons (Fsp3) is 0.583. The van der Waals surface area contributed by atoms with Gasteiger partial charge < -0.3 is 15.5 Å². The molecule has 2 N–H and O–H groups in total. The van der Waals surface area contributed by atoms with E-state index < -0.39 is 0 Å². The Bertz CT molecular complexity index is 399. The van der Waals surface area contributed by atoms with Crippen molar-refractivity contribution in [3.05, 3.63) is 12.1 Å². The van der Waals surface area contributed by atoms with Crippen LogP contribution in [0.4, 0.5) is 11.6 Å². The maximum Gasteiger partial charge on any atom is 0.228 e. The predicted octanol–water partition coefficient (Wildman–Crippen LogP) is 0.799. The van der Waals surface area contributed by atoms with Gasteiger partial charge in [0.15, 0.2) is 5.82 Å². The maximum absolute atomic E-state index is 11.5.